The van der Waals surface area contributed by atoms with E-state index in [9.17, 15) is 15.0 Å². The van der Waals surface area contributed by atoms with E-state index in [2.05, 4.69) is 15.5 Å². The minimum Gasteiger partial charge on any atom is -0.508 e. The molecule has 0 fully saturated rings. The summed E-state index contributed by atoms with van der Waals surface area (Å²) >= 11 is 0. The van der Waals surface area contributed by atoms with Gasteiger partial charge in [-0.3, -0.25) is 9.89 Å². The van der Waals surface area contributed by atoms with Crippen LogP contribution in [0.1, 0.15) is 21.7 Å². The summed E-state index contributed by atoms with van der Waals surface area (Å²) in [5, 5.41) is 28.2. The molecule has 0 radical (unpaired) electrons. The van der Waals surface area contributed by atoms with Crippen LogP contribution in [0, 0.1) is 13.8 Å². The van der Waals surface area contributed by atoms with Crippen molar-refractivity contribution in [1.82, 2.24) is 10.2 Å². The van der Waals surface area contributed by atoms with Crippen LogP contribution in [-0.4, -0.2) is 26.3 Å². The molecule has 1 amide bonds. The van der Waals surface area contributed by atoms with Crippen LogP contribution >= 0.6 is 0 Å². The molecular formula is C12H13N3O3. The van der Waals surface area contributed by atoms with Crippen LogP contribution in [0.5, 0.6) is 11.5 Å². The molecule has 1 aromatic heterocycles. The summed E-state index contributed by atoms with van der Waals surface area (Å²) in [6.07, 6.45) is 0. The molecule has 0 atom stereocenters. The smallest absolute Gasteiger partial charge is 0.259 e. The second kappa shape index (κ2) is 4.40. The van der Waals surface area contributed by atoms with Crippen molar-refractivity contribution in [3.05, 3.63) is 35.2 Å². The topological polar surface area (TPSA) is 98.2 Å². The molecular weight excluding hydrogens is 234 g/mol. The molecule has 1 aromatic carbocycles. The Morgan fingerprint density at radius 3 is 2.67 bits per heavy atom. The number of nitrogens with zero attached hydrogens (tertiary/aromatic N) is 1. The molecule has 2 aromatic rings. The minimum absolute atomic E-state index is 0.00926. The second-order valence-corrected chi connectivity index (χ2v) is 3.96. The first-order valence-corrected chi connectivity index (χ1v) is 5.34. The van der Waals surface area contributed by atoms with E-state index < -0.39 is 5.91 Å². The number of aromatic nitrogens is 2. The van der Waals surface area contributed by atoms with Crippen LogP contribution in [0.3, 0.4) is 0 Å². The maximum atomic E-state index is 12.0. The summed E-state index contributed by atoms with van der Waals surface area (Å²) in [6.45, 7) is 3.53. The normalized spacial score (nSPS) is 10.3. The van der Waals surface area contributed by atoms with Gasteiger partial charge in [0.1, 0.15) is 11.5 Å². The van der Waals surface area contributed by atoms with E-state index in [1.54, 1.807) is 13.8 Å². The monoisotopic (exact) mass is 247 g/mol. The van der Waals surface area contributed by atoms with Crippen molar-refractivity contribution in [1.29, 1.82) is 0 Å². The number of anilines is 1. The van der Waals surface area contributed by atoms with Gasteiger partial charge in [-0.25, -0.2) is 0 Å². The van der Waals surface area contributed by atoms with Crippen LogP contribution in [0.4, 0.5) is 5.69 Å². The average Bonchev–Trinajstić information content (AvgIpc) is 2.64. The number of carbonyl (C=O) groups is 1. The molecule has 0 aliphatic carbocycles. The lowest BCUT2D eigenvalue weighted by Gasteiger charge is -2.07. The maximum absolute atomic E-state index is 12.0. The number of phenols is 2. The van der Waals surface area contributed by atoms with Crippen LogP contribution in [0.2, 0.25) is 0 Å². The first-order chi connectivity index (χ1) is 8.49. The van der Waals surface area contributed by atoms with E-state index in [1.807, 2.05) is 0 Å². The first-order valence-electron chi connectivity index (χ1n) is 5.34. The van der Waals surface area contributed by atoms with Gasteiger partial charge in [0.25, 0.3) is 5.91 Å². The van der Waals surface area contributed by atoms with Crippen LogP contribution in [-0.2, 0) is 0 Å². The molecule has 18 heavy (non-hydrogen) atoms. The van der Waals surface area contributed by atoms with Gasteiger partial charge < -0.3 is 15.5 Å². The average molecular weight is 247 g/mol. The third kappa shape index (κ3) is 2.13. The molecule has 0 saturated heterocycles. The number of hydrogen-bond acceptors (Lipinski definition) is 4. The molecule has 0 bridgehead atoms. The third-order valence-corrected chi connectivity index (χ3v) is 2.59. The van der Waals surface area contributed by atoms with E-state index in [1.165, 1.54) is 18.2 Å². The number of amides is 1. The Bertz CT molecular complexity index is 585. The number of rotatable bonds is 2. The van der Waals surface area contributed by atoms with Gasteiger partial charge in [0, 0.05) is 0 Å². The Morgan fingerprint density at radius 1 is 1.33 bits per heavy atom. The van der Waals surface area contributed by atoms with Crippen molar-refractivity contribution in [2.75, 3.05) is 5.32 Å². The van der Waals surface area contributed by atoms with E-state index >= 15 is 0 Å². The predicted octanol–water partition coefficient (Wildman–Crippen LogP) is 1.69. The Kier molecular flexibility index (Phi) is 2.93. The van der Waals surface area contributed by atoms with Gasteiger partial charge in [-0.05, 0) is 32.0 Å². The molecule has 1 heterocycles. The zero-order chi connectivity index (χ0) is 13.3. The van der Waals surface area contributed by atoms with Crippen molar-refractivity contribution >= 4 is 11.6 Å². The molecule has 4 N–H and O–H groups in total. The van der Waals surface area contributed by atoms with Crippen LogP contribution < -0.4 is 5.32 Å². The number of nitrogens with one attached hydrogen (secondary N) is 2. The number of benzene rings is 1. The Hall–Kier alpha value is -2.50. The van der Waals surface area contributed by atoms with E-state index in [0.717, 1.165) is 5.69 Å². The summed E-state index contributed by atoms with van der Waals surface area (Å²) < 4.78 is 0. The van der Waals surface area contributed by atoms with Gasteiger partial charge in [0.05, 0.1) is 22.6 Å². The second-order valence-electron chi connectivity index (χ2n) is 3.96. The fourth-order valence-corrected chi connectivity index (χ4v) is 1.62. The van der Waals surface area contributed by atoms with Gasteiger partial charge in [0.15, 0.2) is 0 Å². The van der Waals surface area contributed by atoms with Crippen LogP contribution in [0.15, 0.2) is 18.2 Å². The Balaban J connectivity index is 2.30. The lowest BCUT2D eigenvalue weighted by Crippen LogP contribution is -2.13. The molecule has 0 saturated carbocycles. The van der Waals surface area contributed by atoms with Gasteiger partial charge in [0.2, 0.25) is 0 Å². The number of carbonyl (C=O) groups excluding carboxylic acids is 1. The van der Waals surface area contributed by atoms with Crippen molar-refractivity contribution < 1.29 is 15.0 Å². The number of phenolic OH excluding ortho intramolecular Hbond substituents is 2. The van der Waals surface area contributed by atoms with E-state index in [-0.39, 0.29) is 17.1 Å². The van der Waals surface area contributed by atoms with E-state index in [0.29, 0.717) is 11.4 Å². The summed E-state index contributed by atoms with van der Waals surface area (Å²) in [4.78, 5) is 12.0. The number of aromatic hydroxyl groups is 2. The first kappa shape index (κ1) is 12.0. The molecule has 2 rings (SSSR count). The largest absolute Gasteiger partial charge is 0.508 e. The molecule has 6 nitrogen and oxygen atoms in total. The highest BCUT2D eigenvalue weighted by Gasteiger charge is 2.15. The minimum atomic E-state index is -0.504. The van der Waals surface area contributed by atoms with Crippen molar-refractivity contribution in [2.24, 2.45) is 0 Å². The third-order valence-electron chi connectivity index (χ3n) is 2.59. The Morgan fingerprint density at radius 2 is 2.06 bits per heavy atom. The van der Waals surface area contributed by atoms with E-state index in [4.69, 9.17) is 0 Å². The van der Waals surface area contributed by atoms with Crippen molar-refractivity contribution in [3.8, 4) is 11.5 Å². The lowest BCUT2D eigenvalue weighted by molar-refractivity contribution is 0.102. The SMILES string of the molecule is Cc1n[nH]c(C)c1NC(=O)c1cc(O)ccc1O. The van der Waals surface area contributed by atoms with Crippen LogP contribution in [0.25, 0.3) is 0 Å². The summed E-state index contributed by atoms with van der Waals surface area (Å²) in [5.41, 5.74) is 1.96. The maximum Gasteiger partial charge on any atom is 0.259 e. The highest BCUT2D eigenvalue weighted by atomic mass is 16.3. The van der Waals surface area contributed by atoms with Crippen molar-refractivity contribution in [3.63, 3.8) is 0 Å². The zero-order valence-electron chi connectivity index (χ0n) is 9.98. The van der Waals surface area contributed by atoms with Gasteiger partial charge >= 0.3 is 0 Å². The molecule has 0 spiro atoms. The summed E-state index contributed by atoms with van der Waals surface area (Å²) in [7, 11) is 0. The summed E-state index contributed by atoms with van der Waals surface area (Å²) in [5.74, 6) is -0.779. The van der Waals surface area contributed by atoms with Gasteiger partial charge in [-0.15, -0.1) is 0 Å². The Labute approximate surface area is 103 Å². The molecule has 94 valence electrons. The quantitative estimate of drug-likeness (QED) is 0.607. The van der Waals surface area contributed by atoms with Gasteiger partial charge in [-0.1, -0.05) is 0 Å². The predicted molar refractivity (Wildman–Crippen MR) is 65.8 cm³/mol. The molecule has 0 aliphatic rings. The fourth-order valence-electron chi connectivity index (χ4n) is 1.62. The van der Waals surface area contributed by atoms with Gasteiger partial charge in [-0.2, -0.15) is 5.10 Å². The molecule has 0 unspecified atom stereocenters. The molecule has 0 aliphatic heterocycles. The molecule has 6 heteroatoms. The lowest BCUT2D eigenvalue weighted by atomic mass is 10.1. The summed E-state index contributed by atoms with van der Waals surface area (Å²) in [6, 6.07) is 3.77. The standard InChI is InChI=1S/C12H13N3O3/c1-6-11(7(2)15-14-6)13-12(18)9-5-8(16)3-4-10(9)17/h3-5,16-17H,1-2H3,(H,13,18)(H,14,15). The highest BCUT2D eigenvalue weighted by Crippen LogP contribution is 2.24. The zero-order valence-corrected chi connectivity index (χ0v) is 9.98. The number of hydrogen-bond donors (Lipinski definition) is 4. The number of aromatic amines is 1. The number of aryl methyl sites for hydroxylation is 2. The fraction of sp³-hybridized carbons (Fsp3) is 0.167. The van der Waals surface area contributed by atoms with Crippen molar-refractivity contribution in [2.45, 2.75) is 13.8 Å². The highest BCUT2D eigenvalue weighted by molar-refractivity contribution is 6.06. The number of H-pyrrole nitrogens is 1.